The number of carbonyl (C=O) groups is 1. The number of non-ortho nitro benzene ring substituents is 1. The van der Waals surface area contributed by atoms with E-state index >= 15 is 0 Å². The summed E-state index contributed by atoms with van der Waals surface area (Å²) in [6, 6.07) is 8.96. The number of amides is 1. The molecule has 0 unspecified atom stereocenters. The quantitative estimate of drug-likeness (QED) is 0.585. The number of thiophene rings is 1. The lowest BCUT2D eigenvalue weighted by Gasteiger charge is -2.04. The number of nitrogens with zero attached hydrogens (tertiary/aromatic N) is 1. The van der Waals surface area contributed by atoms with Gasteiger partial charge in [0, 0.05) is 17.0 Å². The molecular weight excluding hydrogens is 320 g/mol. The molecule has 0 fully saturated rings. The third-order valence-corrected chi connectivity index (χ3v) is 4.06. The maximum Gasteiger partial charge on any atom is 0.344 e. The number of fused-ring (bicyclic) bond motifs is 1. The summed E-state index contributed by atoms with van der Waals surface area (Å²) in [4.78, 5) is 35.1. The second-order valence-electron chi connectivity index (χ2n) is 4.69. The lowest BCUT2D eigenvalue weighted by molar-refractivity contribution is -0.384. The predicted octanol–water partition coefficient (Wildman–Crippen LogP) is 2.69. The lowest BCUT2D eigenvalue weighted by atomic mass is 10.1. The van der Waals surface area contributed by atoms with Gasteiger partial charge in [0.05, 0.1) is 16.9 Å². The van der Waals surface area contributed by atoms with Crippen LogP contribution in [0, 0.1) is 10.1 Å². The fourth-order valence-corrected chi connectivity index (χ4v) is 2.71. The van der Waals surface area contributed by atoms with Gasteiger partial charge in [-0.15, -0.1) is 11.3 Å². The predicted molar refractivity (Wildman–Crippen MR) is 84.6 cm³/mol. The highest BCUT2D eigenvalue weighted by molar-refractivity contribution is 7.09. The number of rotatable bonds is 4. The summed E-state index contributed by atoms with van der Waals surface area (Å²) < 4.78 is 4.97. The van der Waals surface area contributed by atoms with Gasteiger partial charge in [-0.1, -0.05) is 6.07 Å². The van der Waals surface area contributed by atoms with Crippen molar-refractivity contribution in [3.05, 3.63) is 73.0 Å². The van der Waals surface area contributed by atoms with E-state index in [0.29, 0.717) is 11.9 Å². The number of nitro groups is 1. The SMILES string of the molecule is O=C(NCc1cccs1)c1cc2ccc([N+](=O)[O-])cc2c(=O)o1. The number of hydrogen-bond donors (Lipinski definition) is 1. The average molecular weight is 330 g/mol. The Morgan fingerprint density at radius 1 is 1.30 bits per heavy atom. The highest BCUT2D eigenvalue weighted by Crippen LogP contribution is 2.19. The van der Waals surface area contributed by atoms with Crippen LogP contribution in [0.3, 0.4) is 0 Å². The van der Waals surface area contributed by atoms with E-state index in [2.05, 4.69) is 5.32 Å². The zero-order valence-corrected chi connectivity index (χ0v) is 12.5. The molecule has 1 aromatic carbocycles. The molecule has 2 heterocycles. The van der Waals surface area contributed by atoms with Crippen molar-refractivity contribution in [1.82, 2.24) is 5.32 Å². The van der Waals surface area contributed by atoms with E-state index in [9.17, 15) is 19.7 Å². The molecule has 8 heteroatoms. The summed E-state index contributed by atoms with van der Waals surface area (Å²) in [5.41, 5.74) is -0.993. The average Bonchev–Trinajstić information content (AvgIpc) is 3.05. The highest BCUT2D eigenvalue weighted by Gasteiger charge is 2.14. The Morgan fingerprint density at radius 3 is 2.83 bits per heavy atom. The van der Waals surface area contributed by atoms with Crippen LogP contribution in [0.2, 0.25) is 0 Å². The molecule has 3 rings (SSSR count). The first-order valence-electron chi connectivity index (χ1n) is 6.57. The lowest BCUT2D eigenvalue weighted by Crippen LogP contribution is -2.23. The van der Waals surface area contributed by atoms with E-state index in [4.69, 9.17) is 4.42 Å². The maximum absolute atomic E-state index is 12.1. The van der Waals surface area contributed by atoms with E-state index in [-0.39, 0.29) is 16.8 Å². The largest absolute Gasteiger partial charge is 0.417 e. The first-order valence-corrected chi connectivity index (χ1v) is 7.45. The molecule has 7 nitrogen and oxygen atoms in total. The third-order valence-electron chi connectivity index (χ3n) is 3.18. The van der Waals surface area contributed by atoms with Crippen LogP contribution in [-0.4, -0.2) is 10.8 Å². The number of nitro benzene ring substituents is 1. The van der Waals surface area contributed by atoms with Gasteiger partial charge in [0.25, 0.3) is 11.6 Å². The Bertz CT molecular complexity index is 946. The minimum atomic E-state index is -0.785. The molecule has 0 saturated carbocycles. The molecular formula is C15H10N2O5S. The van der Waals surface area contributed by atoms with Crippen molar-refractivity contribution < 1.29 is 14.1 Å². The maximum atomic E-state index is 12.1. The van der Waals surface area contributed by atoms with Gasteiger partial charge >= 0.3 is 5.63 Å². The summed E-state index contributed by atoms with van der Waals surface area (Å²) in [5, 5.41) is 15.8. The molecule has 0 aliphatic carbocycles. The van der Waals surface area contributed by atoms with Gasteiger partial charge in [0.1, 0.15) is 0 Å². The molecule has 0 aliphatic rings. The first kappa shape index (κ1) is 14.9. The molecule has 2 aromatic heterocycles. The van der Waals surface area contributed by atoms with Crippen LogP contribution in [0.5, 0.6) is 0 Å². The van der Waals surface area contributed by atoms with Crippen molar-refractivity contribution in [2.24, 2.45) is 0 Å². The Balaban J connectivity index is 1.90. The molecule has 1 amide bonds. The van der Waals surface area contributed by atoms with E-state index in [1.807, 2.05) is 17.5 Å². The number of nitrogens with one attached hydrogen (secondary N) is 1. The minimum absolute atomic E-state index is 0.0639. The summed E-state index contributed by atoms with van der Waals surface area (Å²) in [7, 11) is 0. The summed E-state index contributed by atoms with van der Waals surface area (Å²) in [5.74, 6) is -0.649. The van der Waals surface area contributed by atoms with Gasteiger partial charge in [-0.2, -0.15) is 0 Å². The van der Waals surface area contributed by atoms with Gasteiger partial charge in [0.2, 0.25) is 0 Å². The topological polar surface area (TPSA) is 102 Å². The standard InChI is InChI=1S/C15H10N2O5S/c18-14(16-8-11-2-1-5-23-11)13-6-9-3-4-10(17(20)21)7-12(9)15(19)22-13/h1-7H,8H2,(H,16,18). The Morgan fingerprint density at radius 2 is 2.13 bits per heavy atom. The molecule has 23 heavy (non-hydrogen) atoms. The Kier molecular flexibility index (Phi) is 3.90. The van der Waals surface area contributed by atoms with Crippen molar-refractivity contribution in [2.45, 2.75) is 6.54 Å². The van der Waals surface area contributed by atoms with Gasteiger partial charge in [-0.25, -0.2) is 4.79 Å². The van der Waals surface area contributed by atoms with Crippen molar-refractivity contribution in [2.75, 3.05) is 0 Å². The molecule has 0 bridgehead atoms. The molecule has 116 valence electrons. The van der Waals surface area contributed by atoms with Crippen LogP contribution in [0.1, 0.15) is 15.4 Å². The van der Waals surface area contributed by atoms with Gasteiger partial charge < -0.3 is 9.73 Å². The smallest absolute Gasteiger partial charge is 0.344 e. The van der Waals surface area contributed by atoms with Crippen LogP contribution in [0.4, 0.5) is 5.69 Å². The molecule has 0 saturated heterocycles. The summed E-state index contributed by atoms with van der Waals surface area (Å²) in [6.45, 7) is 0.332. The molecule has 3 aromatic rings. The molecule has 1 N–H and O–H groups in total. The number of carbonyl (C=O) groups excluding carboxylic acids is 1. The molecule has 0 spiro atoms. The van der Waals surface area contributed by atoms with Crippen molar-refractivity contribution in [3.8, 4) is 0 Å². The zero-order valence-electron chi connectivity index (χ0n) is 11.6. The monoisotopic (exact) mass is 330 g/mol. The van der Waals surface area contributed by atoms with E-state index in [1.165, 1.54) is 29.5 Å². The minimum Gasteiger partial charge on any atom is -0.417 e. The zero-order chi connectivity index (χ0) is 16.4. The summed E-state index contributed by atoms with van der Waals surface area (Å²) >= 11 is 1.50. The second kappa shape index (κ2) is 6.01. The van der Waals surface area contributed by atoms with Crippen molar-refractivity contribution in [3.63, 3.8) is 0 Å². The normalized spacial score (nSPS) is 10.6. The van der Waals surface area contributed by atoms with Gasteiger partial charge in [-0.05, 0) is 29.0 Å². The van der Waals surface area contributed by atoms with Crippen LogP contribution < -0.4 is 10.9 Å². The Hall–Kier alpha value is -3.00. The van der Waals surface area contributed by atoms with Crippen molar-refractivity contribution in [1.29, 1.82) is 0 Å². The number of hydrogen-bond acceptors (Lipinski definition) is 6. The fourth-order valence-electron chi connectivity index (χ4n) is 2.07. The fraction of sp³-hybridized carbons (Fsp3) is 0.0667. The van der Waals surface area contributed by atoms with E-state index in [0.717, 1.165) is 10.9 Å². The molecule has 0 aliphatic heterocycles. The van der Waals surface area contributed by atoms with E-state index < -0.39 is 16.5 Å². The highest BCUT2D eigenvalue weighted by atomic mass is 32.1. The van der Waals surface area contributed by atoms with Crippen LogP contribution >= 0.6 is 11.3 Å². The van der Waals surface area contributed by atoms with E-state index in [1.54, 1.807) is 0 Å². The Labute approximate surface area is 133 Å². The molecule has 0 atom stereocenters. The van der Waals surface area contributed by atoms with Gasteiger partial charge in [0.15, 0.2) is 5.76 Å². The first-order chi connectivity index (χ1) is 11.0. The van der Waals surface area contributed by atoms with Crippen molar-refractivity contribution >= 4 is 33.7 Å². The number of benzene rings is 1. The van der Waals surface area contributed by atoms with Crippen LogP contribution in [0.25, 0.3) is 10.8 Å². The van der Waals surface area contributed by atoms with Crippen LogP contribution in [0.15, 0.2) is 51.0 Å². The van der Waals surface area contributed by atoms with Gasteiger partial charge in [-0.3, -0.25) is 14.9 Å². The van der Waals surface area contributed by atoms with Crippen LogP contribution in [-0.2, 0) is 6.54 Å². The molecule has 0 radical (unpaired) electrons. The second-order valence-corrected chi connectivity index (χ2v) is 5.72. The third kappa shape index (κ3) is 3.11. The summed E-state index contributed by atoms with van der Waals surface area (Å²) in [6.07, 6.45) is 0.